The van der Waals surface area contributed by atoms with Gasteiger partial charge in [0.15, 0.2) is 0 Å². The van der Waals surface area contributed by atoms with Crippen LogP contribution in [0.1, 0.15) is 5.56 Å². The fourth-order valence-electron chi connectivity index (χ4n) is 2.20. The number of hydrogen-bond acceptors (Lipinski definition) is 10. The third kappa shape index (κ3) is 8.91. The molecular weight excluding hydrogens is 362 g/mol. The molecule has 0 unspecified atom stereocenters. The first-order valence-corrected chi connectivity index (χ1v) is 9.30. The highest BCUT2D eigenvalue weighted by molar-refractivity contribution is 5.42. The topological polar surface area (TPSA) is 139 Å². The fraction of sp³-hybridized carbons (Fsp3) is 0.500. The maximum Gasteiger partial charge on any atom is 0.229 e. The summed E-state index contributed by atoms with van der Waals surface area (Å²) in [6.45, 7) is 4.04. The van der Waals surface area contributed by atoms with Gasteiger partial charge >= 0.3 is 0 Å². The largest absolute Gasteiger partial charge is 0.395 e. The number of benzene rings is 1. The van der Waals surface area contributed by atoms with Gasteiger partial charge in [-0.05, 0) is 5.56 Å². The second kappa shape index (κ2) is 13.6. The summed E-state index contributed by atoms with van der Waals surface area (Å²) in [5.74, 6) is 1.25. The molecule has 2 aromatic rings. The third-order valence-corrected chi connectivity index (χ3v) is 3.49. The number of hydrogen-bond donors (Lipinski definition) is 5. The Morgan fingerprint density at radius 2 is 1.39 bits per heavy atom. The minimum atomic E-state index is -0.0126. The first kappa shape index (κ1) is 21.8. The average molecular weight is 391 g/mol. The van der Waals surface area contributed by atoms with Crippen molar-refractivity contribution in [3.63, 3.8) is 0 Å². The fourth-order valence-corrected chi connectivity index (χ4v) is 2.20. The Kier molecular flexibility index (Phi) is 10.6. The molecule has 28 heavy (non-hydrogen) atoms. The molecule has 0 atom stereocenters. The number of nitrogens with one attached hydrogen (secondary N) is 3. The lowest BCUT2D eigenvalue weighted by atomic mass is 10.2. The van der Waals surface area contributed by atoms with Crippen LogP contribution in [0.2, 0.25) is 0 Å². The quantitative estimate of drug-likeness (QED) is 0.269. The molecule has 0 saturated carbocycles. The molecule has 0 bridgehead atoms. The molecule has 0 aliphatic carbocycles. The van der Waals surface area contributed by atoms with E-state index in [1.165, 1.54) is 0 Å². The summed E-state index contributed by atoms with van der Waals surface area (Å²) in [5.41, 5.74) is 6.46. The predicted molar refractivity (Wildman–Crippen MR) is 108 cm³/mol. The maximum absolute atomic E-state index is 9.00. The number of ether oxygens (including phenoxy) is 2. The van der Waals surface area contributed by atoms with Gasteiger partial charge in [0.2, 0.25) is 17.8 Å². The summed E-state index contributed by atoms with van der Waals surface area (Å²) >= 11 is 0. The highest BCUT2D eigenvalue weighted by atomic mass is 16.5. The molecule has 0 fully saturated rings. The predicted octanol–water partition coefficient (Wildman–Crippen LogP) is 0.292. The van der Waals surface area contributed by atoms with Crippen LogP contribution in [0.5, 0.6) is 0 Å². The molecule has 0 radical (unpaired) electrons. The first-order valence-electron chi connectivity index (χ1n) is 9.30. The van der Waals surface area contributed by atoms with E-state index in [1.807, 2.05) is 30.3 Å². The van der Waals surface area contributed by atoms with Gasteiger partial charge in [0.1, 0.15) is 0 Å². The maximum atomic E-state index is 9.00. The van der Waals surface area contributed by atoms with E-state index in [0.717, 1.165) is 5.56 Å². The first-order chi connectivity index (χ1) is 13.8. The van der Waals surface area contributed by atoms with Gasteiger partial charge in [0, 0.05) is 26.2 Å². The normalized spacial score (nSPS) is 10.6. The van der Waals surface area contributed by atoms with Crippen molar-refractivity contribution in [3.05, 3.63) is 35.9 Å². The molecule has 0 aliphatic rings. The van der Waals surface area contributed by atoms with Crippen LogP contribution in [-0.4, -0.2) is 72.7 Å². The lowest BCUT2D eigenvalue weighted by molar-refractivity contribution is 0.0547. The Hall–Kier alpha value is -2.53. The van der Waals surface area contributed by atoms with Crippen molar-refractivity contribution in [2.24, 2.45) is 5.73 Å². The van der Waals surface area contributed by atoms with Gasteiger partial charge in [-0.2, -0.15) is 15.0 Å². The van der Waals surface area contributed by atoms with Crippen molar-refractivity contribution in [1.29, 1.82) is 0 Å². The van der Waals surface area contributed by atoms with Gasteiger partial charge in [-0.3, -0.25) is 0 Å². The summed E-state index contributed by atoms with van der Waals surface area (Å²) in [7, 11) is 0. The minimum absolute atomic E-state index is 0.0126. The molecule has 2 rings (SSSR count). The van der Waals surface area contributed by atoms with Crippen LogP contribution in [0.25, 0.3) is 0 Å². The summed E-state index contributed by atoms with van der Waals surface area (Å²) < 4.78 is 10.7. The monoisotopic (exact) mass is 391 g/mol. The second-order valence-corrected chi connectivity index (χ2v) is 5.74. The van der Waals surface area contributed by atoms with Crippen LogP contribution in [-0.2, 0) is 16.0 Å². The van der Waals surface area contributed by atoms with Gasteiger partial charge in [-0.15, -0.1) is 0 Å². The lowest BCUT2D eigenvalue weighted by Gasteiger charge is -2.11. The van der Waals surface area contributed by atoms with E-state index in [-0.39, 0.29) is 6.61 Å². The molecule has 10 heteroatoms. The Labute approximate surface area is 164 Å². The van der Waals surface area contributed by atoms with Gasteiger partial charge < -0.3 is 36.3 Å². The molecule has 1 aromatic carbocycles. The minimum Gasteiger partial charge on any atom is -0.395 e. The molecule has 1 heterocycles. The van der Waals surface area contributed by atoms with E-state index in [2.05, 4.69) is 30.9 Å². The number of nitrogens with zero attached hydrogens (tertiary/aromatic N) is 3. The van der Waals surface area contributed by atoms with Crippen molar-refractivity contribution >= 4 is 17.8 Å². The number of anilines is 3. The van der Waals surface area contributed by atoms with E-state index in [9.17, 15) is 0 Å². The zero-order valence-corrected chi connectivity index (χ0v) is 15.9. The Bertz CT molecular complexity index is 661. The van der Waals surface area contributed by atoms with Crippen molar-refractivity contribution in [3.8, 4) is 0 Å². The number of aromatic nitrogens is 3. The lowest BCUT2D eigenvalue weighted by Crippen LogP contribution is -2.17. The van der Waals surface area contributed by atoms with Crippen LogP contribution >= 0.6 is 0 Å². The average Bonchev–Trinajstić information content (AvgIpc) is 2.73. The zero-order chi connectivity index (χ0) is 19.9. The Balaban J connectivity index is 1.83. The number of aliphatic hydroxyl groups excluding tert-OH is 1. The van der Waals surface area contributed by atoms with E-state index in [4.69, 9.17) is 20.3 Å². The Morgan fingerprint density at radius 3 is 2.04 bits per heavy atom. The molecule has 1 aromatic heterocycles. The van der Waals surface area contributed by atoms with E-state index in [0.29, 0.717) is 70.5 Å². The molecule has 6 N–H and O–H groups in total. The van der Waals surface area contributed by atoms with E-state index in [1.54, 1.807) is 0 Å². The number of rotatable bonds is 15. The van der Waals surface area contributed by atoms with Crippen molar-refractivity contribution in [2.45, 2.75) is 6.54 Å². The molecule has 0 saturated heterocycles. The molecular formula is C18H29N7O3. The molecule has 0 amide bonds. The smallest absolute Gasteiger partial charge is 0.229 e. The second-order valence-electron chi connectivity index (χ2n) is 5.74. The summed E-state index contributed by atoms with van der Waals surface area (Å²) in [5, 5.41) is 18.2. The SMILES string of the molecule is NCCOCCOCCNc1nc(NCCO)nc(NCc2ccccc2)n1. The van der Waals surface area contributed by atoms with Crippen LogP contribution in [0.3, 0.4) is 0 Å². The highest BCUT2D eigenvalue weighted by Gasteiger charge is 2.06. The van der Waals surface area contributed by atoms with Gasteiger partial charge in [0.05, 0.1) is 33.0 Å². The van der Waals surface area contributed by atoms with Gasteiger partial charge in [-0.1, -0.05) is 30.3 Å². The van der Waals surface area contributed by atoms with Crippen molar-refractivity contribution in [2.75, 3.05) is 68.6 Å². The summed E-state index contributed by atoms with van der Waals surface area (Å²) in [6.07, 6.45) is 0. The number of aliphatic hydroxyl groups is 1. The highest BCUT2D eigenvalue weighted by Crippen LogP contribution is 2.10. The summed E-state index contributed by atoms with van der Waals surface area (Å²) in [4.78, 5) is 13.0. The van der Waals surface area contributed by atoms with Crippen molar-refractivity contribution in [1.82, 2.24) is 15.0 Å². The zero-order valence-electron chi connectivity index (χ0n) is 15.9. The molecule has 10 nitrogen and oxygen atoms in total. The van der Waals surface area contributed by atoms with E-state index < -0.39 is 0 Å². The van der Waals surface area contributed by atoms with Crippen LogP contribution in [0.4, 0.5) is 17.8 Å². The van der Waals surface area contributed by atoms with Crippen LogP contribution in [0.15, 0.2) is 30.3 Å². The molecule has 0 aliphatic heterocycles. The van der Waals surface area contributed by atoms with Gasteiger partial charge in [0.25, 0.3) is 0 Å². The summed E-state index contributed by atoms with van der Waals surface area (Å²) in [6, 6.07) is 9.97. The molecule has 0 spiro atoms. The van der Waals surface area contributed by atoms with Crippen LogP contribution in [0, 0.1) is 0 Å². The third-order valence-electron chi connectivity index (χ3n) is 3.49. The van der Waals surface area contributed by atoms with Gasteiger partial charge in [-0.25, -0.2) is 0 Å². The standard InChI is InChI=1S/C18H29N7O3/c19-6-10-27-12-13-28-11-8-21-17-23-16(20-7-9-26)24-18(25-17)22-14-15-4-2-1-3-5-15/h1-5,26H,6-14,19H2,(H3,20,21,22,23,24,25). The van der Waals surface area contributed by atoms with E-state index >= 15 is 0 Å². The van der Waals surface area contributed by atoms with Crippen LogP contribution < -0.4 is 21.7 Å². The van der Waals surface area contributed by atoms with Crippen molar-refractivity contribution < 1.29 is 14.6 Å². The molecule has 154 valence electrons. The Morgan fingerprint density at radius 1 is 0.786 bits per heavy atom. The number of nitrogens with two attached hydrogens (primary N) is 1.